The van der Waals surface area contributed by atoms with Crippen LogP contribution in [0.25, 0.3) is 10.9 Å². The van der Waals surface area contributed by atoms with Crippen molar-refractivity contribution in [3.8, 4) is 0 Å². The second-order valence-electron chi connectivity index (χ2n) is 5.48. The number of nitrogens with one attached hydrogen (secondary N) is 1. The minimum atomic E-state index is 0.665. The van der Waals surface area contributed by atoms with E-state index in [0.717, 1.165) is 19.0 Å². The standard InChI is InChI=1S/C16H20N2/c1-12(11-18-15-7-8-15)10-14-5-2-4-13-6-3-9-17-16(13)14/h2-6,9,12,15,18H,7-8,10-11H2,1H3. The van der Waals surface area contributed by atoms with Gasteiger partial charge in [-0.15, -0.1) is 0 Å². The largest absolute Gasteiger partial charge is 0.314 e. The van der Waals surface area contributed by atoms with Gasteiger partial charge >= 0.3 is 0 Å². The molecule has 94 valence electrons. The Morgan fingerprint density at radius 1 is 1.28 bits per heavy atom. The molecule has 1 aromatic carbocycles. The minimum Gasteiger partial charge on any atom is -0.314 e. The first-order valence-electron chi connectivity index (χ1n) is 6.89. The molecular formula is C16H20N2. The molecule has 2 heteroatoms. The van der Waals surface area contributed by atoms with Gasteiger partial charge in [-0.3, -0.25) is 4.98 Å². The van der Waals surface area contributed by atoms with Crippen LogP contribution in [0.15, 0.2) is 36.5 Å². The van der Waals surface area contributed by atoms with Gasteiger partial charge in [0.25, 0.3) is 0 Å². The number of nitrogens with zero attached hydrogens (tertiary/aromatic N) is 1. The van der Waals surface area contributed by atoms with E-state index < -0.39 is 0 Å². The molecule has 2 aromatic rings. The quantitative estimate of drug-likeness (QED) is 0.868. The number of para-hydroxylation sites is 1. The lowest BCUT2D eigenvalue weighted by molar-refractivity contribution is 0.510. The number of benzene rings is 1. The minimum absolute atomic E-state index is 0.665. The Bertz CT molecular complexity index is 526. The van der Waals surface area contributed by atoms with Gasteiger partial charge in [0.1, 0.15) is 0 Å². The maximum Gasteiger partial charge on any atom is 0.0733 e. The van der Waals surface area contributed by atoms with Crippen molar-refractivity contribution in [1.82, 2.24) is 10.3 Å². The molecule has 3 rings (SSSR count). The lowest BCUT2D eigenvalue weighted by atomic mass is 9.98. The molecule has 0 spiro atoms. The van der Waals surface area contributed by atoms with Crippen LogP contribution in [-0.4, -0.2) is 17.6 Å². The van der Waals surface area contributed by atoms with Crippen molar-refractivity contribution in [2.75, 3.05) is 6.54 Å². The Balaban J connectivity index is 1.72. The fourth-order valence-corrected chi connectivity index (χ4v) is 2.44. The van der Waals surface area contributed by atoms with Crippen LogP contribution in [0.1, 0.15) is 25.3 Å². The third-order valence-corrected chi connectivity index (χ3v) is 3.62. The summed E-state index contributed by atoms with van der Waals surface area (Å²) in [5.41, 5.74) is 2.54. The third kappa shape index (κ3) is 2.70. The molecule has 1 N–H and O–H groups in total. The Morgan fingerprint density at radius 2 is 2.11 bits per heavy atom. The molecule has 2 nitrogen and oxygen atoms in total. The Hall–Kier alpha value is -1.41. The summed E-state index contributed by atoms with van der Waals surface area (Å²) >= 11 is 0. The van der Waals surface area contributed by atoms with Crippen molar-refractivity contribution in [2.45, 2.75) is 32.2 Å². The Kier molecular flexibility index (Phi) is 3.28. The molecule has 18 heavy (non-hydrogen) atoms. The van der Waals surface area contributed by atoms with Crippen molar-refractivity contribution in [2.24, 2.45) is 5.92 Å². The van der Waals surface area contributed by atoms with E-state index in [0.29, 0.717) is 5.92 Å². The molecule has 0 radical (unpaired) electrons. The van der Waals surface area contributed by atoms with Crippen LogP contribution in [-0.2, 0) is 6.42 Å². The average molecular weight is 240 g/mol. The SMILES string of the molecule is CC(CNC1CC1)Cc1cccc2cccnc12. The van der Waals surface area contributed by atoms with Crippen LogP contribution < -0.4 is 5.32 Å². The van der Waals surface area contributed by atoms with Gasteiger partial charge in [0.2, 0.25) is 0 Å². The summed E-state index contributed by atoms with van der Waals surface area (Å²) in [7, 11) is 0. The van der Waals surface area contributed by atoms with Gasteiger partial charge in [-0.2, -0.15) is 0 Å². The fourth-order valence-electron chi connectivity index (χ4n) is 2.44. The summed E-state index contributed by atoms with van der Waals surface area (Å²) < 4.78 is 0. The number of fused-ring (bicyclic) bond motifs is 1. The first kappa shape index (κ1) is 11.7. The van der Waals surface area contributed by atoms with E-state index >= 15 is 0 Å². The van der Waals surface area contributed by atoms with Gasteiger partial charge in [0.05, 0.1) is 5.52 Å². The van der Waals surface area contributed by atoms with E-state index in [1.807, 2.05) is 12.3 Å². The van der Waals surface area contributed by atoms with Crippen LogP contribution in [0.3, 0.4) is 0 Å². The monoisotopic (exact) mass is 240 g/mol. The Morgan fingerprint density at radius 3 is 2.94 bits per heavy atom. The number of rotatable bonds is 5. The lowest BCUT2D eigenvalue weighted by Gasteiger charge is -2.13. The molecule has 0 bridgehead atoms. The lowest BCUT2D eigenvalue weighted by Crippen LogP contribution is -2.24. The van der Waals surface area contributed by atoms with Crippen molar-refractivity contribution in [3.63, 3.8) is 0 Å². The zero-order valence-electron chi connectivity index (χ0n) is 10.9. The van der Waals surface area contributed by atoms with Gasteiger partial charge in [0.15, 0.2) is 0 Å². The number of aromatic nitrogens is 1. The van der Waals surface area contributed by atoms with E-state index in [1.165, 1.54) is 29.3 Å². The van der Waals surface area contributed by atoms with Crippen LogP contribution in [0.5, 0.6) is 0 Å². The van der Waals surface area contributed by atoms with Crippen LogP contribution >= 0.6 is 0 Å². The van der Waals surface area contributed by atoms with Crippen molar-refractivity contribution < 1.29 is 0 Å². The van der Waals surface area contributed by atoms with Crippen LogP contribution in [0.2, 0.25) is 0 Å². The number of hydrogen-bond acceptors (Lipinski definition) is 2. The highest BCUT2D eigenvalue weighted by Gasteiger charge is 2.21. The topological polar surface area (TPSA) is 24.9 Å². The maximum atomic E-state index is 4.52. The summed E-state index contributed by atoms with van der Waals surface area (Å²) in [5.74, 6) is 0.665. The van der Waals surface area contributed by atoms with Gasteiger partial charge in [-0.05, 0) is 43.4 Å². The average Bonchev–Trinajstić information content (AvgIpc) is 3.21. The van der Waals surface area contributed by atoms with E-state index in [1.54, 1.807) is 0 Å². The van der Waals surface area contributed by atoms with Crippen LogP contribution in [0.4, 0.5) is 0 Å². The molecule has 1 aromatic heterocycles. The molecule has 0 aliphatic heterocycles. The van der Waals surface area contributed by atoms with Gasteiger partial charge < -0.3 is 5.32 Å². The van der Waals surface area contributed by atoms with E-state index in [2.05, 4.69) is 41.5 Å². The first-order valence-corrected chi connectivity index (χ1v) is 6.89. The molecule has 1 aliphatic carbocycles. The first-order chi connectivity index (χ1) is 8.83. The van der Waals surface area contributed by atoms with Gasteiger partial charge in [0, 0.05) is 17.6 Å². The van der Waals surface area contributed by atoms with E-state index in [4.69, 9.17) is 0 Å². The molecule has 1 saturated carbocycles. The molecule has 1 heterocycles. The van der Waals surface area contributed by atoms with E-state index in [-0.39, 0.29) is 0 Å². The second kappa shape index (κ2) is 5.07. The molecule has 1 fully saturated rings. The zero-order valence-corrected chi connectivity index (χ0v) is 10.9. The maximum absolute atomic E-state index is 4.52. The van der Waals surface area contributed by atoms with Gasteiger partial charge in [-0.25, -0.2) is 0 Å². The normalized spacial score (nSPS) is 16.9. The van der Waals surface area contributed by atoms with Crippen molar-refractivity contribution in [3.05, 3.63) is 42.1 Å². The number of pyridine rings is 1. The van der Waals surface area contributed by atoms with E-state index in [9.17, 15) is 0 Å². The highest BCUT2D eigenvalue weighted by Crippen LogP contribution is 2.21. The summed E-state index contributed by atoms with van der Waals surface area (Å²) in [6.45, 7) is 3.44. The fraction of sp³-hybridized carbons (Fsp3) is 0.438. The second-order valence-corrected chi connectivity index (χ2v) is 5.48. The highest BCUT2D eigenvalue weighted by atomic mass is 14.9. The summed E-state index contributed by atoms with van der Waals surface area (Å²) in [6.07, 6.45) is 5.72. The Labute approximate surface area is 108 Å². The zero-order chi connectivity index (χ0) is 12.4. The smallest absolute Gasteiger partial charge is 0.0733 e. The van der Waals surface area contributed by atoms with Crippen molar-refractivity contribution in [1.29, 1.82) is 0 Å². The van der Waals surface area contributed by atoms with Gasteiger partial charge in [-0.1, -0.05) is 31.2 Å². The van der Waals surface area contributed by atoms with Crippen LogP contribution in [0, 0.1) is 5.92 Å². The molecule has 1 aliphatic rings. The summed E-state index contributed by atoms with van der Waals surface area (Å²) in [5, 5.41) is 4.85. The molecule has 0 amide bonds. The predicted octanol–water partition coefficient (Wildman–Crippen LogP) is 3.17. The molecule has 1 unspecified atom stereocenters. The number of hydrogen-bond donors (Lipinski definition) is 1. The summed E-state index contributed by atoms with van der Waals surface area (Å²) in [4.78, 5) is 4.52. The third-order valence-electron chi connectivity index (χ3n) is 3.62. The summed E-state index contributed by atoms with van der Waals surface area (Å²) in [6, 6.07) is 11.4. The molecule has 0 saturated heterocycles. The highest BCUT2D eigenvalue weighted by molar-refractivity contribution is 5.81. The molecular weight excluding hydrogens is 220 g/mol. The molecule has 1 atom stereocenters. The predicted molar refractivity (Wildman–Crippen MR) is 75.6 cm³/mol. The van der Waals surface area contributed by atoms with Crippen molar-refractivity contribution >= 4 is 10.9 Å².